The Kier molecular flexibility index (Phi) is 6.46. The predicted molar refractivity (Wildman–Crippen MR) is 74.4 cm³/mol. The van der Waals surface area contributed by atoms with Crippen molar-refractivity contribution in [3.8, 4) is 5.75 Å². The van der Waals surface area contributed by atoms with Gasteiger partial charge in [0.05, 0.1) is 0 Å². The normalized spacial score (nSPS) is 10.4. The molecule has 94 valence electrons. The zero-order valence-electron chi connectivity index (χ0n) is 10.9. The molecule has 1 heteroatoms. The van der Waals surface area contributed by atoms with Gasteiger partial charge in [0.25, 0.3) is 0 Å². The van der Waals surface area contributed by atoms with Gasteiger partial charge in [-0.25, -0.2) is 0 Å². The van der Waals surface area contributed by atoms with Crippen LogP contribution in [0.2, 0.25) is 0 Å². The van der Waals surface area contributed by atoms with Gasteiger partial charge in [-0.1, -0.05) is 37.5 Å². The number of aromatic hydroxyl groups is 1. The Hall–Kier alpha value is -1.24. The SMILES string of the molecule is C=CCCCCCCCc1ccc(C)c(O)c1. The highest BCUT2D eigenvalue weighted by Gasteiger charge is 1.98. The topological polar surface area (TPSA) is 20.2 Å². The van der Waals surface area contributed by atoms with Gasteiger partial charge < -0.3 is 5.11 Å². The molecule has 0 heterocycles. The number of aryl methyl sites for hydroxylation is 2. The van der Waals surface area contributed by atoms with Crippen molar-refractivity contribution in [2.45, 2.75) is 51.9 Å². The van der Waals surface area contributed by atoms with Gasteiger partial charge >= 0.3 is 0 Å². The molecule has 1 nitrogen and oxygen atoms in total. The molecule has 0 aliphatic rings. The van der Waals surface area contributed by atoms with Gasteiger partial charge in [0.15, 0.2) is 0 Å². The third-order valence-electron chi connectivity index (χ3n) is 3.15. The third-order valence-corrected chi connectivity index (χ3v) is 3.15. The number of hydrogen-bond donors (Lipinski definition) is 1. The van der Waals surface area contributed by atoms with Gasteiger partial charge in [0, 0.05) is 0 Å². The van der Waals surface area contributed by atoms with Crippen molar-refractivity contribution < 1.29 is 5.11 Å². The van der Waals surface area contributed by atoms with E-state index in [2.05, 4.69) is 12.6 Å². The number of phenols is 1. The lowest BCUT2D eigenvalue weighted by Crippen LogP contribution is -1.87. The highest BCUT2D eigenvalue weighted by Crippen LogP contribution is 2.19. The molecular formula is C16H24O. The van der Waals surface area contributed by atoms with E-state index in [1.165, 1.54) is 37.7 Å². The van der Waals surface area contributed by atoms with E-state index in [1.807, 2.05) is 25.1 Å². The molecule has 17 heavy (non-hydrogen) atoms. The van der Waals surface area contributed by atoms with E-state index in [0.717, 1.165) is 18.4 Å². The lowest BCUT2D eigenvalue weighted by molar-refractivity contribution is 0.470. The molecule has 0 bridgehead atoms. The summed E-state index contributed by atoms with van der Waals surface area (Å²) < 4.78 is 0. The van der Waals surface area contributed by atoms with Crippen LogP contribution in [0.15, 0.2) is 30.9 Å². The Balaban J connectivity index is 2.13. The molecular weight excluding hydrogens is 208 g/mol. The third kappa shape index (κ3) is 5.58. The Morgan fingerprint density at radius 3 is 2.53 bits per heavy atom. The maximum atomic E-state index is 9.59. The first-order valence-electron chi connectivity index (χ1n) is 6.63. The molecule has 0 fully saturated rings. The molecule has 0 unspecified atom stereocenters. The molecule has 1 aromatic carbocycles. The summed E-state index contributed by atoms with van der Waals surface area (Å²) in [6.45, 7) is 5.66. The lowest BCUT2D eigenvalue weighted by atomic mass is 10.0. The van der Waals surface area contributed by atoms with E-state index < -0.39 is 0 Å². The second kappa shape index (κ2) is 7.94. The second-order valence-corrected chi connectivity index (χ2v) is 4.72. The van der Waals surface area contributed by atoms with Crippen LogP contribution in [0.4, 0.5) is 0 Å². The van der Waals surface area contributed by atoms with Gasteiger partial charge in [-0.3, -0.25) is 0 Å². The van der Waals surface area contributed by atoms with Crippen LogP contribution in [0.5, 0.6) is 5.75 Å². The van der Waals surface area contributed by atoms with Crippen molar-refractivity contribution in [2.24, 2.45) is 0 Å². The van der Waals surface area contributed by atoms with Gasteiger partial charge in [0.2, 0.25) is 0 Å². The van der Waals surface area contributed by atoms with Crippen LogP contribution in [0, 0.1) is 6.92 Å². The summed E-state index contributed by atoms with van der Waals surface area (Å²) in [7, 11) is 0. The van der Waals surface area contributed by atoms with Gasteiger partial charge in [0.1, 0.15) is 5.75 Å². The molecule has 0 spiro atoms. The fourth-order valence-corrected chi connectivity index (χ4v) is 1.96. The molecule has 1 rings (SSSR count). The van der Waals surface area contributed by atoms with Crippen molar-refractivity contribution in [3.63, 3.8) is 0 Å². The summed E-state index contributed by atoms with van der Waals surface area (Å²) in [4.78, 5) is 0. The average Bonchev–Trinajstić information content (AvgIpc) is 2.32. The Labute approximate surface area is 105 Å². The maximum Gasteiger partial charge on any atom is 0.118 e. The van der Waals surface area contributed by atoms with E-state index in [1.54, 1.807) is 0 Å². The monoisotopic (exact) mass is 232 g/mol. The Morgan fingerprint density at radius 1 is 1.12 bits per heavy atom. The first-order valence-corrected chi connectivity index (χ1v) is 6.63. The average molecular weight is 232 g/mol. The summed E-state index contributed by atoms with van der Waals surface area (Å²) in [6, 6.07) is 6.01. The van der Waals surface area contributed by atoms with Crippen molar-refractivity contribution >= 4 is 0 Å². The van der Waals surface area contributed by atoms with Crippen LogP contribution < -0.4 is 0 Å². The smallest absolute Gasteiger partial charge is 0.118 e. The van der Waals surface area contributed by atoms with Crippen LogP contribution >= 0.6 is 0 Å². The molecule has 0 aliphatic carbocycles. The van der Waals surface area contributed by atoms with E-state index in [4.69, 9.17) is 0 Å². The van der Waals surface area contributed by atoms with Crippen LogP contribution in [0.25, 0.3) is 0 Å². The van der Waals surface area contributed by atoms with Crippen molar-refractivity contribution in [1.29, 1.82) is 0 Å². The number of phenolic OH excluding ortho intramolecular Hbond substituents is 1. The molecule has 0 saturated heterocycles. The fraction of sp³-hybridized carbons (Fsp3) is 0.500. The maximum absolute atomic E-state index is 9.59. The quantitative estimate of drug-likeness (QED) is 0.505. The van der Waals surface area contributed by atoms with Crippen LogP contribution in [-0.2, 0) is 6.42 Å². The highest BCUT2D eigenvalue weighted by molar-refractivity contribution is 5.35. The number of hydrogen-bond acceptors (Lipinski definition) is 1. The summed E-state index contributed by atoms with van der Waals surface area (Å²) in [5.41, 5.74) is 2.21. The minimum atomic E-state index is 0.425. The van der Waals surface area contributed by atoms with Crippen molar-refractivity contribution in [2.75, 3.05) is 0 Å². The van der Waals surface area contributed by atoms with Crippen LogP contribution in [0.1, 0.15) is 49.7 Å². The van der Waals surface area contributed by atoms with Gasteiger partial charge in [-0.15, -0.1) is 6.58 Å². The minimum absolute atomic E-state index is 0.425. The molecule has 0 atom stereocenters. The van der Waals surface area contributed by atoms with E-state index in [9.17, 15) is 5.11 Å². The molecule has 0 aromatic heterocycles. The molecule has 0 saturated carbocycles. The van der Waals surface area contributed by atoms with E-state index >= 15 is 0 Å². The van der Waals surface area contributed by atoms with Crippen LogP contribution in [0.3, 0.4) is 0 Å². The van der Waals surface area contributed by atoms with Crippen molar-refractivity contribution in [1.82, 2.24) is 0 Å². The Morgan fingerprint density at radius 2 is 1.82 bits per heavy atom. The molecule has 1 aromatic rings. The molecule has 0 aliphatic heterocycles. The number of allylic oxidation sites excluding steroid dienone is 1. The van der Waals surface area contributed by atoms with Crippen molar-refractivity contribution in [3.05, 3.63) is 42.0 Å². The minimum Gasteiger partial charge on any atom is -0.508 e. The largest absolute Gasteiger partial charge is 0.508 e. The molecule has 0 amide bonds. The first kappa shape index (κ1) is 13.8. The van der Waals surface area contributed by atoms with Crippen LogP contribution in [-0.4, -0.2) is 5.11 Å². The lowest BCUT2D eigenvalue weighted by Gasteiger charge is -2.04. The second-order valence-electron chi connectivity index (χ2n) is 4.72. The zero-order chi connectivity index (χ0) is 12.5. The van der Waals surface area contributed by atoms with Gasteiger partial charge in [-0.2, -0.15) is 0 Å². The summed E-state index contributed by atoms with van der Waals surface area (Å²) in [5, 5.41) is 9.59. The predicted octanol–water partition coefficient (Wildman–Crippen LogP) is 4.77. The molecule has 1 N–H and O–H groups in total. The summed E-state index contributed by atoms with van der Waals surface area (Å²) in [6.07, 6.45) is 10.6. The Bertz CT molecular complexity index is 341. The first-order chi connectivity index (χ1) is 8.24. The van der Waals surface area contributed by atoms with E-state index in [0.29, 0.717) is 5.75 Å². The fourth-order valence-electron chi connectivity index (χ4n) is 1.96. The zero-order valence-corrected chi connectivity index (χ0v) is 10.9. The number of unbranched alkanes of at least 4 members (excludes halogenated alkanes) is 5. The standard InChI is InChI=1S/C16H24O/c1-3-4-5-6-7-8-9-10-15-12-11-14(2)16(17)13-15/h3,11-13,17H,1,4-10H2,2H3. The van der Waals surface area contributed by atoms with Gasteiger partial charge in [-0.05, 0) is 49.8 Å². The number of benzene rings is 1. The number of rotatable bonds is 8. The highest BCUT2D eigenvalue weighted by atomic mass is 16.3. The molecule has 0 radical (unpaired) electrons. The summed E-state index contributed by atoms with van der Waals surface area (Å²) >= 11 is 0. The van der Waals surface area contributed by atoms with E-state index in [-0.39, 0.29) is 0 Å². The summed E-state index contributed by atoms with van der Waals surface area (Å²) in [5.74, 6) is 0.425.